The van der Waals surface area contributed by atoms with E-state index in [1.807, 2.05) is 6.92 Å². The Morgan fingerprint density at radius 1 is 1.19 bits per heavy atom. The van der Waals surface area contributed by atoms with E-state index in [-0.39, 0.29) is 21.7 Å². The van der Waals surface area contributed by atoms with Crippen molar-refractivity contribution in [1.82, 2.24) is 19.3 Å². The fourth-order valence-corrected chi connectivity index (χ4v) is 6.46. The zero-order chi connectivity index (χ0) is 22.2. The van der Waals surface area contributed by atoms with E-state index in [0.717, 1.165) is 25.7 Å². The number of carbonyl (C=O) groups excluding carboxylic acids is 1. The van der Waals surface area contributed by atoms with Gasteiger partial charge in [-0.2, -0.15) is 9.29 Å². The van der Waals surface area contributed by atoms with E-state index in [1.54, 1.807) is 17.9 Å². The summed E-state index contributed by atoms with van der Waals surface area (Å²) in [5, 5.41) is 3.97. The molecule has 8 nitrogen and oxygen atoms in total. The van der Waals surface area contributed by atoms with Gasteiger partial charge in [0.25, 0.3) is 5.91 Å². The van der Waals surface area contributed by atoms with Gasteiger partial charge in [0, 0.05) is 31.7 Å². The van der Waals surface area contributed by atoms with Crippen LogP contribution in [0, 0.1) is 12.8 Å². The van der Waals surface area contributed by atoms with Gasteiger partial charge in [0.1, 0.15) is 4.90 Å². The third-order valence-corrected chi connectivity index (χ3v) is 8.36. The number of hydrogen-bond donors (Lipinski definition) is 0. The van der Waals surface area contributed by atoms with Crippen LogP contribution in [0.3, 0.4) is 0 Å². The summed E-state index contributed by atoms with van der Waals surface area (Å²) in [5.41, 5.74) is 0.315. The molecular formula is C21H27ClN4O4S. The Balaban J connectivity index is 1.56. The summed E-state index contributed by atoms with van der Waals surface area (Å²) < 4.78 is 33.2. The Morgan fingerprint density at radius 2 is 1.97 bits per heavy atom. The highest BCUT2D eigenvalue weighted by atomic mass is 35.5. The molecule has 0 bridgehead atoms. The summed E-state index contributed by atoms with van der Waals surface area (Å²) >= 11 is 6.27. The largest absolute Gasteiger partial charge is 0.339 e. The van der Waals surface area contributed by atoms with Crippen molar-refractivity contribution in [2.45, 2.75) is 50.3 Å². The molecule has 168 valence electrons. The van der Waals surface area contributed by atoms with Crippen molar-refractivity contribution in [2.24, 2.45) is 5.92 Å². The number of aromatic nitrogens is 2. The maximum Gasteiger partial charge on any atom is 0.253 e. The first kappa shape index (κ1) is 22.2. The molecule has 2 atom stereocenters. The number of halogens is 1. The number of hydrogen-bond acceptors (Lipinski definition) is 6. The fourth-order valence-electron chi connectivity index (χ4n) is 4.36. The molecule has 0 saturated carbocycles. The number of sulfonamides is 1. The van der Waals surface area contributed by atoms with Crippen molar-refractivity contribution in [3.8, 4) is 0 Å². The number of likely N-dealkylation sites (tertiary alicyclic amines) is 1. The van der Waals surface area contributed by atoms with E-state index in [9.17, 15) is 13.2 Å². The number of rotatable bonds is 4. The molecule has 0 radical (unpaired) electrons. The molecule has 1 amide bonds. The molecule has 0 aliphatic carbocycles. The van der Waals surface area contributed by atoms with E-state index in [2.05, 4.69) is 10.1 Å². The number of amides is 1. The van der Waals surface area contributed by atoms with Crippen LogP contribution in [0.1, 0.15) is 60.6 Å². The Morgan fingerprint density at radius 3 is 2.68 bits per heavy atom. The van der Waals surface area contributed by atoms with E-state index in [0.29, 0.717) is 49.4 Å². The highest BCUT2D eigenvalue weighted by molar-refractivity contribution is 7.89. The summed E-state index contributed by atoms with van der Waals surface area (Å²) in [7, 11) is -3.77. The topological polar surface area (TPSA) is 96.6 Å². The maximum atomic E-state index is 13.2. The number of benzene rings is 1. The summed E-state index contributed by atoms with van der Waals surface area (Å²) in [6.45, 7) is 5.79. The van der Waals surface area contributed by atoms with Gasteiger partial charge >= 0.3 is 0 Å². The van der Waals surface area contributed by atoms with Gasteiger partial charge in [0.05, 0.1) is 10.9 Å². The van der Waals surface area contributed by atoms with Crippen LogP contribution in [0.2, 0.25) is 5.02 Å². The van der Waals surface area contributed by atoms with Gasteiger partial charge in [-0.25, -0.2) is 8.42 Å². The zero-order valence-electron chi connectivity index (χ0n) is 17.8. The molecule has 0 spiro atoms. The molecule has 2 unspecified atom stereocenters. The van der Waals surface area contributed by atoms with Crippen molar-refractivity contribution in [3.63, 3.8) is 0 Å². The van der Waals surface area contributed by atoms with Crippen molar-refractivity contribution < 1.29 is 17.7 Å². The summed E-state index contributed by atoms with van der Waals surface area (Å²) in [4.78, 5) is 19.2. The predicted molar refractivity (Wildman–Crippen MR) is 116 cm³/mol. The molecule has 10 heteroatoms. The average Bonchev–Trinajstić information content (AvgIpc) is 3.20. The number of carbonyl (C=O) groups is 1. The Kier molecular flexibility index (Phi) is 6.37. The normalized spacial score (nSPS) is 23.1. The average molecular weight is 467 g/mol. The van der Waals surface area contributed by atoms with E-state index in [4.69, 9.17) is 16.1 Å². The highest BCUT2D eigenvalue weighted by Crippen LogP contribution is 2.31. The molecule has 0 N–H and O–H groups in total. The lowest BCUT2D eigenvalue weighted by Crippen LogP contribution is -2.40. The Bertz CT molecular complexity index is 1070. The third kappa shape index (κ3) is 4.63. The van der Waals surface area contributed by atoms with Gasteiger partial charge in [-0.15, -0.1) is 0 Å². The molecule has 3 heterocycles. The van der Waals surface area contributed by atoms with Crippen LogP contribution in [0.4, 0.5) is 0 Å². The first-order chi connectivity index (χ1) is 14.8. The highest BCUT2D eigenvalue weighted by Gasteiger charge is 2.33. The molecule has 31 heavy (non-hydrogen) atoms. The van der Waals surface area contributed by atoms with Crippen LogP contribution >= 0.6 is 11.6 Å². The summed E-state index contributed by atoms with van der Waals surface area (Å²) in [5.74, 6) is 1.16. The standard InChI is InChI=1S/C21H27ClN4O4S/c1-14-5-3-10-26(12-14)31(28,29)19-11-16(7-8-18(19)22)21(27)25-9-4-6-17(13-25)20-23-15(2)24-30-20/h7-8,11,14,17H,3-6,9-10,12-13H2,1-2H3. The first-order valence-electron chi connectivity index (χ1n) is 10.6. The minimum atomic E-state index is -3.77. The van der Waals surface area contributed by atoms with Crippen LogP contribution in [0.15, 0.2) is 27.6 Å². The van der Waals surface area contributed by atoms with Crippen molar-refractivity contribution in [2.75, 3.05) is 26.2 Å². The molecule has 2 aromatic rings. The van der Waals surface area contributed by atoms with Crippen molar-refractivity contribution in [1.29, 1.82) is 0 Å². The first-order valence-corrected chi connectivity index (χ1v) is 12.5. The fraction of sp³-hybridized carbons (Fsp3) is 0.571. The minimum absolute atomic E-state index is 0.00444. The van der Waals surface area contributed by atoms with E-state index < -0.39 is 10.0 Å². The lowest BCUT2D eigenvalue weighted by molar-refractivity contribution is 0.0695. The number of piperidine rings is 2. The van der Waals surface area contributed by atoms with Gasteiger partial charge in [-0.1, -0.05) is 23.7 Å². The van der Waals surface area contributed by atoms with Gasteiger partial charge in [-0.3, -0.25) is 4.79 Å². The number of aryl methyl sites for hydroxylation is 1. The third-order valence-electron chi connectivity index (χ3n) is 6.02. The lowest BCUT2D eigenvalue weighted by Gasteiger charge is -2.32. The molecular weight excluding hydrogens is 440 g/mol. The van der Waals surface area contributed by atoms with Crippen molar-refractivity contribution in [3.05, 3.63) is 40.5 Å². The zero-order valence-corrected chi connectivity index (χ0v) is 19.3. The maximum absolute atomic E-state index is 13.2. The Labute approximate surface area is 187 Å². The molecule has 1 aromatic heterocycles. The van der Waals surface area contributed by atoms with Crippen LogP contribution in [0.25, 0.3) is 0 Å². The van der Waals surface area contributed by atoms with E-state index in [1.165, 1.54) is 16.4 Å². The Hall–Kier alpha value is -1.97. The van der Waals surface area contributed by atoms with Crippen LogP contribution in [-0.4, -0.2) is 59.8 Å². The van der Waals surface area contributed by atoms with Gasteiger partial charge in [0.2, 0.25) is 15.9 Å². The second kappa shape index (κ2) is 8.88. The second-order valence-electron chi connectivity index (χ2n) is 8.53. The quantitative estimate of drug-likeness (QED) is 0.684. The smallest absolute Gasteiger partial charge is 0.253 e. The van der Waals surface area contributed by atoms with Gasteiger partial charge in [-0.05, 0) is 56.7 Å². The minimum Gasteiger partial charge on any atom is -0.339 e. The molecule has 2 aliphatic heterocycles. The molecule has 2 aliphatic rings. The SMILES string of the molecule is Cc1noc(C2CCCN(C(=O)c3ccc(Cl)c(S(=O)(=O)N4CCCC(C)C4)c3)C2)n1. The van der Waals surface area contributed by atoms with Gasteiger partial charge in [0.15, 0.2) is 5.82 Å². The van der Waals surface area contributed by atoms with E-state index >= 15 is 0 Å². The van der Waals surface area contributed by atoms with Gasteiger partial charge < -0.3 is 9.42 Å². The second-order valence-corrected chi connectivity index (χ2v) is 10.8. The molecule has 4 rings (SSSR count). The monoisotopic (exact) mass is 466 g/mol. The predicted octanol–water partition coefficient (Wildman–Crippen LogP) is 3.47. The number of nitrogens with zero attached hydrogens (tertiary/aromatic N) is 4. The summed E-state index contributed by atoms with van der Waals surface area (Å²) in [6, 6.07) is 4.50. The van der Waals surface area contributed by atoms with Crippen LogP contribution in [0.5, 0.6) is 0 Å². The van der Waals surface area contributed by atoms with Crippen molar-refractivity contribution >= 4 is 27.5 Å². The summed E-state index contributed by atoms with van der Waals surface area (Å²) in [6.07, 6.45) is 3.50. The van der Waals surface area contributed by atoms with Crippen LogP contribution in [-0.2, 0) is 10.0 Å². The molecule has 2 fully saturated rings. The molecule has 2 saturated heterocycles. The van der Waals surface area contributed by atoms with Crippen LogP contribution < -0.4 is 0 Å². The molecule has 1 aromatic carbocycles. The lowest BCUT2D eigenvalue weighted by atomic mass is 9.97.